The van der Waals surface area contributed by atoms with E-state index in [0.29, 0.717) is 12.6 Å². The highest BCUT2D eigenvalue weighted by Gasteiger charge is 2.57. The molecule has 0 aromatic carbocycles. The van der Waals surface area contributed by atoms with E-state index in [9.17, 15) is 4.79 Å². The van der Waals surface area contributed by atoms with Crippen LogP contribution in [-0.2, 0) is 11.3 Å². The second-order valence-corrected chi connectivity index (χ2v) is 7.30. The van der Waals surface area contributed by atoms with Gasteiger partial charge in [0.25, 0.3) is 0 Å². The zero-order valence-corrected chi connectivity index (χ0v) is 14.2. The summed E-state index contributed by atoms with van der Waals surface area (Å²) in [4.78, 5) is 17.5. The van der Waals surface area contributed by atoms with E-state index in [1.807, 2.05) is 19.4 Å². The van der Waals surface area contributed by atoms with Crippen LogP contribution in [0.2, 0.25) is 0 Å². The van der Waals surface area contributed by atoms with Crippen molar-refractivity contribution in [2.45, 2.75) is 64.6 Å². The molecule has 5 nitrogen and oxygen atoms in total. The number of nitrogens with one attached hydrogen (secondary N) is 2. The van der Waals surface area contributed by atoms with Crippen LogP contribution in [0.25, 0.3) is 0 Å². The number of thiazole rings is 1. The molecular weight excluding hydrogens is 298 g/mol. The van der Waals surface area contributed by atoms with E-state index in [1.54, 1.807) is 11.3 Å². The van der Waals surface area contributed by atoms with Crippen molar-refractivity contribution < 1.29 is 9.53 Å². The first-order chi connectivity index (χ1) is 10.7. The molecular formula is C16H25N3O2S. The lowest BCUT2D eigenvalue weighted by Gasteiger charge is -2.53. The number of urea groups is 1. The molecule has 122 valence electrons. The van der Waals surface area contributed by atoms with Gasteiger partial charge in [0.2, 0.25) is 0 Å². The SMILES string of the molecule is CCO[C@H]1C[C@@H](NC(=O)NCc2scnc2C)C12CCCC2. The quantitative estimate of drug-likeness (QED) is 0.875. The van der Waals surface area contributed by atoms with E-state index >= 15 is 0 Å². The Morgan fingerprint density at radius 1 is 1.50 bits per heavy atom. The molecule has 0 bridgehead atoms. The zero-order valence-electron chi connectivity index (χ0n) is 13.4. The molecule has 6 heteroatoms. The number of aromatic nitrogens is 1. The maximum atomic E-state index is 12.2. The van der Waals surface area contributed by atoms with Gasteiger partial charge in [0.15, 0.2) is 0 Å². The van der Waals surface area contributed by atoms with Gasteiger partial charge in [-0.2, -0.15) is 0 Å². The smallest absolute Gasteiger partial charge is 0.315 e. The molecule has 1 spiro atoms. The topological polar surface area (TPSA) is 63.2 Å². The number of nitrogens with zero attached hydrogens (tertiary/aromatic N) is 1. The number of aryl methyl sites for hydroxylation is 1. The van der Waals surface area contributed by atoms with Crippen molar-refractivity contribution in [3.05, 3.63) is 16.1 Å². The van der Waals surface area contributed by atoms with Gasteiger partial charge >= 0.3 is 6.03 Å². The van der Waals surface area contributed by atoms with E-state index in [0.717, 1.165) is 23.6 Å². The molecule has 2 fully saturated rings. The van der Waals surface area contributed by atoms with Gasteiger partial charge in [0.05, 0.1) is 23.9 Å². The minimum Gasteiger partial charge on any atom is -0.378 e. The third kappa shape index (κ3) is 2.86. The van der Waals surface area contributed by atoms with Crippen LogP contribution >= 0.6 is 11.3 Å². The lowest BCUT2D eigenvalue weighted by atomic mass is 9.60. The number of rotatable bonds is 5. The standard InChI is InChI=1S/C16H25N3O2S/c1-3-21-14-8-13(16(14)6-4-5-7-16)19-15(20)17-9-12-11(2)18-10-22-12/h10,13-14H,3-9H2,1-2H3,(H2,17,19,20)/t13-,14+/m1/s1. The summed E-state index contributed by atoms with van der Waals surface area (Å²) in [6.07, 6.45) is 6.13. The van der Waals surface area contributed by atoms with Gasteiger partial charge in [-0.3, -0.25) is 0 Å². The predicted molar refractivity (Wildman–Crippen MR) is 86.9 cm³/mol. The molecule has 0 unspecified atom stereocenters. The first-order valence-corrected chi connectivity index (χ1v) is 9.08. The van der Waals surface area contributed by atoms with Gasteiger partial charge in [0.1, 0.15) is 0 Å². The monoisotopic (exact) mass is 323 g/mol. The second kappa shape index (κ2) is 6.54. The summed E-state index contributed by atoms with van der Waals surface area (Å²) in [7, 11) is 0. The highest BCUT2D eigenvalue weighted by atomic mass is 32.1. The minimum absolute atomic E-state index is 0.0703. The van der Waals surface area contributed by atoms with Crippen molar-refractivity contribution in [1.29, 1.82) is 0 Å². The maximum absolute atomic E-state index is 12.2. The van der Waals surface area contributed by atoms with Crippen molar-refractivity contribution >= 4 is 17.4 Å². The normalized spacial score (nSPS) is 25.9. The number of hydrogen-bond donors (Lipinski definition) is 2. The maximum Gasteiger partial charge on any atom is 0.315 e. The summed E-state index contributed by atoms with van der Waals surface area (Å²) in [6, 6.07) is 0.188. The van der Waals surface area contributed by atoms with Crippen molar-refractivity contribution in [2.24, 2.45) is 5.41 Å². The Balaban J connectivity index is 1.52. The van der Waals surface area contributed by atoms with E-state index in [-0.39, 0.29) is 17.5 Å². The third-order valence-corrected chi connectivity index (χ3v) is 6.18. The summed E-state index contributed by atoms with van der Waals surface area (Å²) in [5.74, 6) is 0. The van der Waals surface area contributed by atoms with E-state index < -0.39 is 0 Å². The summed E-state index contributed by atoms with van der Waals surface area (Å²) in [5, 5.41) is 6.13. The Kier molecular flexibility index (Phi) is 4.68. The molecule has 1 heterocycles. The molecule has 22 heavy (non-hydrogen) atoms. The summed E-state index contributed by atoms with van der Waals surface area (Å²) >= 11 is 1.58. The summed E-state index contributed by atoms with van der Waals surface area (Å²) in [5.41, 5.74) is 3.00. The fourth-order valence-electron chi connectivity index (χ4n) is 3.95. The zero-order chi connectivity index (χ0) is 15.6. The first-order valence-electron chi connectivity index (χ1n) is 8.20. The molecule has 2 saturated carbocycles. The highest BCUT2D eigenvalue weighted by Crippen LogP contribution is 2.54. The van der Waals surface area contributed by atoms with Crippen LogP contribution in [0.4, 0.5) is 4.79 Å². The number of amides is 2. The molecule has 0 aliphatic heterocycles. The molecule has 2 N–H and O–H groups in total. The van der Waals surface area contributed by atoms with Gasteiger partial charge in [-0.15, -0.1) is 11.3 Å². The summed E-state index contributed by atoms with van der Waals surface area (Å²) in [6.45, 7) is 5.33. The Labute approximate surface area is 135 Å². The Morgan fingerprint density at radius 3 is 2.91 bits per heavy atom. The average Bonchev–Trinajstić information content (AvgIpc) is 3.14. The molecule has 2 amide bonds. The van der Waals surface area contributed by atoms with Crippen LogP contribution in [0.15, 0.2) is 5.51 Å². The molecule has 3 rings (SSSR count). The fraction of sp³-hybridized carbons (Fsp3) is 0.750. The molecule has 0 radical (unpaired) electrons. The molecule has 2 aliphatic carbocycles. The Hall–Kier alpha value is -1.14. The second-order valence-electron chi connectivity index (χ2n) is 6.36. The summed E-state index contributed by atoms with van der Waals surface area (Å²) < 4.78 is 5.88. The lowest BCUT2D eigenvalue weighted by molar-refractivity contribution is -0.126. The fourth-order valence-corrected chi connectivity index (χ4v) is 4.67. The number of carbonyl (C=O) groups excluding carboxylic acids is 1. The van der Waals surface area contributed by atoms with Crippen LogP contribution in [-0.4, -0.2) is 29.8 Å². The first kappa shape index (κ1) is 15.7. The minimum atomic E-state index is -0.0703. The third-order valence-electron chi connectivity index (χ3n) is 5.25. The highest BCUT2D eigenvalue weighted by molar-refractivity contribution is 7.09. The molecule has 1 aromatic rings. The molecule has 0 saturated heterocycles. The van der Waals surface area contributed by atoms with E-state index in [4.69, 9.17) is 4.74 Å². The molecule has 2 aliphatic rings. The van der Waals surface area contributed by atoms with Crippen molar-refractivity contribution in [1.82, 2.24) is 15.6 Å². The van der Waals surface area contributed by atoms with Gasteiger partial charge < -0.3 is 15.4 Å². The average molecular weight is 323 g/mol. The predicted octanol–water partition coefficient (Wildman–Crippen LogP) is 2.99. The number of hydrogen-bond acceptors (Lipinski definition) is 4. The van der Waals surface area contributed by atoms with Gasteiger partial charge in [0, 0.05) is 22.9 Å². The number of carbonyl (C=O) groups is 1. The van der Waals surface area contributed by atoms with Crippen molar-refractivity contribution in [3.8, 4) is 0 Å². The van der Waals surface area contributed by atoms with Crippen molar-refractivity contribution in [2.75, 3.05) is 6.61 Å². The van der Waals surface area contributed by atoms with E-state index in [1.165, 1.54) is 25.7 Å². The van der Waals surface area contributed by atoms with Crippen molar-refractivity contribution in [3.63, 3.8) is 0 Å². The van der Waals surface area contributed by atoms with Gasteiger partial charge in [-0.25, -0.2) is 9.78 Å². The Morgan fingerprint density at radius 2 is 2.27 bits per heavy atom. The van der Waals surface area contributed by atoms with E-state index in [2.05, 4.69) is 15.6 Å². The van der Waals surface area contributed by atoms with Gasteiger partial charge in [-0.05, 0) is 33.1 Å². The van der Waals surface area contributed by atoms with Crippen LogP contribution in [0.3, 0.4) is 0 Å². The van der Waals surface area contributed by atoms with Gasteiger partial charge in [-0.1, -0.05) is 12.8 Å². The lowest BCUT2D eigenvalue weighted by Crippen LogP contribution is -2.64. The van der Waals surface area contributed by atoms with Crippen LogP contribution < -0.4 is 10.6 Å². The van der Waals surface area contributed by atoms with Crippen LogP contribution in [0.5, 0.6) is 0 Å². The number of ether oxygens (including phenoxy) is 1. The van der Waals surface area contributed by atoms with Crippen LogP contribution in [0.1, 0.15) is 49.6 Å². The Bertz CT molecular complexity index is 525. The molecule has 2 atom stereocenters. The largest absolute Gasteiger partial charge is 0.378 e. The molecule has 1 aromatic heterocycles. The van der Waals surface area contributed by atoms with Crippen LogP contribution in [0, 0.1) is 12.3 Å².